The number of hydrogen-bond acceptors (Lipinski definition) is 3. The summed E-state index contributed by atoms with van der Waals surface area (Å²) in [5.41, 5.74) is 1.71. The van der Waals surface area contributed by atoms with Gasteiger partial charge in [0.25, 0.3) is 0 Å². The molecule has 0 saturated carbocycles. The summed E-state index contributed by atoms with van der Waals surface area (Å²) in [5.74, 6) is 1.55. The summed E-state index contributed by atoms with van der Waals surface area (Å²) < 4.78 is 0. The van der Waals surface area contributed by atoms with Crippen molar-refractivity contribution in [1.82, 2.24) is 9.97 Å². The Labute approximate surface area is 91.6 Å². The van der Waals surface area contributed by atoms with Gasteiger partial charge in [-0.1, -0.05) is 13.8 Å². The molecule has 0 bridgehead atoms. The summed E-state index contributed by atoms with van der Waals surface area (Å²) in [6.45, 7) is 8.04. The SMILES string of the molecule is Cc1nc(CCC(C)C)ncc1[C@H](C)O. The van der Waals surface area contributed by atoms with Crippen LogP contribution in [-0.4, -0.2) is 15.1 Å². The number of aromatic nitrogens is 2. The van der Waals surface area contributed by atoms with Crippen molar-refractivity contribution < 1.29 is 5.11 Å². The van der Waals surface area contributed by atoms with Gasteiger partial charge in [0, 0.05) is 23.9 Å². The van der Waals surface area contributed by atoms with Crippen molar-refractivity contribution in [1.29, 1.82) is 0 Å². The van der Waals surface area contributed by atoms with Crippen LogP contribution in [-0.2, 0) is 6.42 Å². The highest BCUT2D eigenvalue weighted by Gasteiger charge is 2.08. The Kier molecular flexibility index (Phi) is 4.21. The molecule has 0 aromatic carbocycles. The molecule has 0 spiro atoms. The molecule has 0 aliphatic rings. The van der Waals surface area contributed by atoms with Crippen LogP contribution >= 0.6 is 0 Å². The zero-order valence-corrected chi connectivity index (χ0v) is 9.99. The van der Waals surface area contributed by atoms with Gasteiger partial charge in [0.05, 0.1) is 6.10 Å². The second kappa shape index (κ2) is 5.21. The third-order valence-corrected chi connectivity index (χ3v) is 2.46. The quantitative estimate of drug-likeness (QED) is 0.826. The lowest BCUT2D eigenvalue weighted by Gasteiger charge is -2.09. The molecule has 1 N–H and O–H groups in total. The van der Waals surface area contributed by atoms with E-state index in [0.717, 1.165) is 29.9 Å². The monoisotopic (exact) mass is 208 g/mol. The minimum Gasteiger partial charge on any atom is -0.389 e. The average molecular weight is 208 g/mol. The Balaban J connectivity index is 2.73. The van der Waals surface area contributed by atoms with Gasteiger partial charge >= 0.3 is 0 Å². The molecule has 0 saturated heterocycles. The molecule has 1 aromatic heterocycles. The summed E-state index contributed by atoms with van der Waals surface area (Å²) in [6, 6.07) is 0. The zero-order chi connectivity index (χ0) is 11.4. The van der Waals surface area contributed by atoms with E-state index in [1.165, 1.54) is 0 Å². The molecule has 1 rings (SSSR count). The van der Waals surface area contributed by atoms with E-state index in [1.54, 1.807) is 13.1 Å². The predicted molar refractivity (Wildman–Crippen MR) is 60.6 cm³/mol. The van der Waals surface area contributed by atoms with Gasteiger partial charge in [-0.15, -0.1) is 0 Å². The number of hydrogen-bond donors (Lipinski definition) is 1. The van der Waals surface area contributed by atoms with Gasteiger partial charge in [-0.05, 0) is 26.2 Å². The van der Waals surface area contributed by atoms with Gasteiger partial charge in [0.15, 0.2) is 0 Å². The maximum Gasteiger partial charge on any atom is 0.128 e. The van der Waals surface area contributed by atoms with Crippen molar-refractivity contribution in [3.63, 3.8) is 0 Å². The first-order chi connectivity index (χ1) is 7.00. The molecule has 15 heavy (non-hydrogen) atoms. The highest BCUT2D eigenvalue weighted by atomic mass is 16.3. The molecule has 1 heterocycles. The average Bonchev–Trinajstić information content (AvgIpc) is 2.14. The number of aryl methyl sites for hydroxylation is 2. The second-order valence-electron chi connectivity index (χ2n) is 4.44. The molecule has 1 atom stereocenters. The van der Waals surface area contributed by atoms with Crippen molar-refractivity contribution in [3.05, 3.63) is 23.3 Å². The molecule has 0 aliphatic heterocycles. The summed E-state index contributed by atoms with van der Waals surface area (Å²) >= 11 is 0. The van der Waals surface area contributed by atoms with Gasteiger partial charge in [0.2, 0.25) is 0 Å². The zero-order valence-electron chi connectivity index (χ0n) is 9.99. The van der Waals surface area contributed by atoms with Crippen LogP contribution in [0.4, 0.5) is 0 Å². The lowest BCUT2D eigenvalue weighted by molar-refractivity contribution is 0.197. The highest BCUT2D eigenvalue weighted by Crippen LogP contribution is 2.14. The van der Waals surface area contributed by atoms with Crippen LogP contribution in [0.2, 0.25) is 0 Å². The van der Waals surface area contributed by atoms with Crippen molar-refractivity contribution in [2.75, 3.05) is 0 Å². The second-order valence-corrected chi connectivity index (χ2v) is 4.44. The molecule has 0 amide bonds. The largest absolute Gasteiger partial charge is 0.389 e. The van der Waals surface area contributed by atoms with Gasteiger partial charge in [-0.25, -0.2) is 9.97 Å². The topological polar surface area (TPSA) is 46.0 Å². The normalized spacial score (nSPS) is 13.2. The van der Waals surface area contributed by atoms with Gasteiger partial charge in [0.1, 0.15) is 5.82 Å². The smallest absolute Gasteiger partial charge is 0.128 e. The van der Waals surface area contributed by atoms with E-state index >= 15 is 0 Å². The lowest BCUT2D eigenvalue weighted by Crippen LogP contribution is -2.04. The molecule has 0 aliphatic carbocycles. The molecule has 0 fully saturated rings. The van der Waals surface area contributed by atoms with Crippen LogP contribution in [0, 0.1) is 12.8 Å². The van der Waals surface area contributed by atoms with E-state index in [-0.39, 0.29) is 0 Å². The maximum absolute atomic E-state index is 9.43. The van der Waals surface area contributed by atoms with E-state index < -0.39 is 6.10 Å². The minimum absolute atomic E-state index is 0.482. The molecule has 3 nitrogen and oxygen atoms in total. The Morgan fingerprint density at radius 2 is 2.00 bits per heavy atom. The van der Waals surface area contributed by atoms with Gasteiger partial charge < -0.3 is 5.11 Å². The lowest BCUT2D eigenvalue weighted by atomic mass is 10.1. The first kappa shape index (κ1) is 12.1. The third kappa shape index (κ3) is 3.59. The van der Waals surface area contributed by atoms with E-state index in [1.807, 2.05) is 6.92 Å². The van der Waals surface area contributed by atoms with E-state index in [2.05, 4.69) is 23.8 Å². The Morgan fingerprint density at radius 1 is 1.33 bits per heavy atom. The fourth-order valence-electron chi connectivity index (χ4n) is 1.47. The summed E-state index contributed by atoms with van der Waals surface area (Å²) in [4.78, 5) is 8.66. The first-order valence-electron chi connectivity index (χ1n) is 5.51. The van der Waals surface area contributed by atoms with Crippen LogP contribution in [0.3, 0.4) is 0 Å². The molecule has 84 valence electrons. The molecular formula is C12H20N2O. The number of aliphatic hydroxyl groups excluding tert-OH is 1. The predicted octanol–water partition coefficient (Wildman–Crippen LogP) is 2.43. The number of aliphatic hydroxyl groups is 1. The summed E-state index contributed by atoms with van der Waals surface area (Å²) in [6.07, 6.45) is 3.28. The molecule has 1 aromatic rings. The van der Waals surface area contributed by atoms with Crippen LogP contribution in [0.25, 0.3) is 0 Å². The Morgan fingerprint density at radius 3 is 2.47 bits per heavy atom. The summed E-state index contributed by atoms with van der Waals surface area (Å²) in [7, 11) is 0. The van der Waals surface area contributed by atoms with E-state index in [0.29, 0.717) is 5.92 Å². The minimum atomic E-state index is -0.482. The van der Waals surface area contributed by atoms with Gasteiger partial charge in [-0.2, -0.15) is 0 Å². The molecule has 0 unspecified atom stereocenters. The van der Waals surface area contributed by atoms with Crippen molar-refractivity contribution in [3.8, 4) is 0 Å². The highest BCUT2D eigenvalue weighted by molar-refractivity contribution is 5.18. The third-order valence-electron chi connectivity index (χ3n) is 2.46. The van der Waals surface area contributed by atoms with Crippen LogP contribution in [0.15, 0.2) is 6.20 Å². The number of nitrogens with zero attached hydrogens (tertiary/aromatic N) is 2. The van der Waals surface area contributed by atoms with Crippen LogP contribution in [0.5, 0.6) is 0 Å². The van der Waals surface area contributed by atoms with Crippen LogP contribution < -0.4 is 0 Å². The first-order valence-corrected chi connectivity index (χ1v) is 5.51. The van der Waals surface area contributed by atoms with E-state index in [4.69, 9.17) is 0 Å². The fourth-order valence-corrected chi connectivity index (χ4v) is 1.47. The van der Waals surface area contributed by atoms with Crippen molar-refractivity contribution >= 4 is 0 Å². The fraction of sp³-hybridized carbons (Fsp3) is 0.667. The number of rotatable bonds is 4. The van der Waals surface area contributed by atoms with Crippen LogP contribution in [0.1, 0.15) is 50.4 Å². The molecule has 0 radical (unpaired) electrons. The maximum atomic E-state index is 9.43. The summed E-state index contributed by atoms with van der Waals surface area (Å²) in [5, 5.41) is 9.43. The van der Waals surface area contributed by atoms with Crippen molar-refractivity contribution in [2.24, 2.45) is 5.92 Å². The standard InChI is InChI=1S/C12H20N2O/c1-8(2)5-6-12-13-7-11(10(4)15)9(3)14-12/h7-8,10,15H,5-6H2,1-4H3/t10-/m0/s1. The molecular weight excluding hydrogens is 188 g/mol. The van der Waals surface area contributed by atoms with Crippen molar-refractivity contribution in [2.45, 2.75) is 46.6 Å². The molecule has 3 heteroatoms. The Hall–Kier alpha value is -0.960. The van der Waals surface area contributed by atoms with E-state index in [9.17, 15) is 5.11 Å². The van der Waals surface area contributed by atoms with Gasteiger partial charge in [-0.3, -0.25) is 0 Å². The Bertz CT molecular complexity index is 321.